The first-order valence-corrected chi connectivity index (χ1v) is 7.03. The van der Waals surface area contributed by atoms with E-state index < -0.39 is 0 Å². The molecule has 0 fully saturated rings. The van der Waals surface area contributed by atoms with Crippen LogP contribution in [0.4, 0.5) is 5.82 Å². The smallest absolute Gasteiger partial charge is 0.129 e. The van der Waals surface area contributed by atoms with Crippen molar-refractivity contribution in [2.75, 3.05) is 18.0 Å². The Morgan fingerprint density at radius 2 is 2.00 bits per heavy atom. The van der Waals surface area contributed by atoms with Crippen molar-refractivity contribution < 1.29 is 0 Å². The SMILES string of the molecule is CCCN(CC)c1cc(CCl)c2ccccc2n1. The van der Waals surface area contributed by atoms with E-state index >= 15 is 0 Å². The molecule has 0 aliphatic carbocycles. The van der Waals surface area contributed by atoms with E-state index in [-0.39, 0.29) is 0 Å². The van der Waals surface area contributed by atoms with Crippen LogP contribution < -0.4 is 4.90 Å². The number of hydrogen-bond donors (Lipinski definition) is 0. The van der Waals surface area contributed by atoms with Crippen LogP contribution in [-0.2, 0) is 5.88 Å². The number of rotatable bonds is 5. The number of benzene rings is 1. The van der Waals surface area contributed by atoms with Gasteiger partial charge in [-0.1, -0.05) is 25.1 Å². The largest absolute Gasteiger partial charge is 0.357 e. The minimum atomic E-state index is 0.527. The summed E-state index contributed by atoms with van der Waals surface area (Å²) in [6.07, 6.45) is 1.12. The zero-order valence-electron chi connectivity index (χ0n) is 11.0. The third-order valence-electron chi connectivity index (χ3n) is 3.13. The second-order valence-electron chi connectivity index (χ2n) is 4.37. The Hall–Kier alpha value is -1.28. The molecule has 0 saturated heterocycles. The second-order valence-corrected chi connectivity index (χ2v) is 4.64. The van der Waals surface area contributed by atoms with Gasteiger partial charge >= 0.3 is 0 Å². The van der Waals surface area contributed by atoms with E-state index in [0.29, 0.717) is 5.88 Å². The minimum Gasteiger partial charge on any atom is -0.357 e. The van der Waals surface area contributed by atoms with Crippen molar-refractivity contribution in [2.24, 2.45) is 0 Å². The van der Waals surface area contributed by atoms with Crippen LogP contribution in [0.15, 0.2) is 30.3 Å². The summed E-state index contributed by atoms with van der Waals surface area (Å²) in [6, 6.07) is 10.3. The highest BCUT2D eigenvalue weighted by molar-refractivity contribution is 6.18. The summed E-state index contributed by atoms with van der Waals surface area (Å²) in [4.78, 5) is 7.04. The second kappa shape index (κ2) is 6.05. The van der Waals surface area contributed by atoms with Gasteiger partial charge in [0.1, 0.15) is 5.82 Å². The molecule has 0 aliphatic heterocycles. The Balaban J connectivity index is 2.52. The summed E-state index contributed by atoms with van der Waals surface area (Å²) in [7, 11) is 0. The van der Waals surface area contributed by atoms with E-state index in [1.165, 1.54) is 0 Å². The van der Waals surface area contributed by atoms with Gasteiger partial charge in [0.15, 0.2) is 0 Å². The number of hydrogen-bond acceptors (Lipinski definition) is 2. The summed E-state index contributed by atoms with van der Waals surface area (Å²) in [5.41, 5.74) is 2.19. The lowest BCUT2D eigenvalue weighted by Gasteiger charge is -2.22. The van der Waals surface area contributed by atoms with Gasteiger partial charge in [-0.15, -0.1) is 11.6 Å². The highest BCUT2D eigenvalue weighted by Gasteiger charge is 2.09. The molecule has 0 radical (unpaired) electrons. The lowest BCUT2D eigenvalue weighted by molar-refractivity contribution is 0.780. The zero-order valence-corrected chi connectivity index (χ0v) is 11.7. The molecular formula is C15H19ClN2. The van der Waals surface area contributed by atoms with Gasteiger partial charge in [0.2, 0.25) is 0 Å². The molecule has 0 aliphatic rings. The van der Waals surface area contributed by atoms with Crippen LogP contribution in [0, 0.1) is 0 Å². The molecule has 1 heterocycles. The zero-order chi connectivity index (χ0) is 13.0. The first-order chi connectivity index (χ1) is 8.80. The number of nitrogens with zero attached hydrogens (tertiary/aromatic N) is 2. The van der Waals surface area contributed by atoms with Gasteiger partial charge in [-0.05, 0) is 31.0 Å². The van der Waals surface area contributed by atoms with E-state index in [0.717, 1.165) is 41.8 Å². The highest BCUT2D eigenvalue weighted by atomic mass is 35.5. The van der Waals surface area contributed by atoms with Crippen molar-refractivity contribution in [1.29, 1.82) is 0 Å². The van der Waals surface area contributed by atoms with E-state index in [1.54, 1.807) is 0 Å². The number of anilines is 1. The van der Waals surface area contributed by atoms with Gasteiger partial charge in [-0.2, -0.15) is 0 Å². The Bertz CT molecular complexity index is 525. The standard InChI is InChI=1S/C15H19ClN2/c1-3-9-18(4-2)15-10-12(11-16)13-7-5-6-8-14(13)17-15/h5-8,10H,3-4,9,11H2,1-2H3. The van der Waals surface area contributed by atoms with Gasteiger partial charge in [-0.3, -0.25) is 0 Å². The Morgan fingerprint density at radius 1 is 1.22 bits per heavy atom. The molecule has 0 spiro atoms. The summed E-state index contributed by atoms with van der Waals surface area (Å²) in [5.74, 6) is 1.56. The van der Waals surface area contributed by atoms with Crippen molar-refractivity contribution in [1.82, 2.24) is 4.98 Å². The van der Waals surface area contributed by atoms with Gasteiger partial charge in [-0.25, -0.2) is 4.98 Å². The number of alkyl halides is 1. The molecule has 1 aromatic heterocycles. The Labute approximate surface area is 114 Å². The molecular weight excluding hydrogens is 244 g/mol. The van der Waals surface area contributed by atoms with Crippen molar-refractivity contribution in [3.05, 3.63) is 35.9 Å². The topological polar surface area (TPSA) is 16.1 Å². The lowest BCUT2D eigenvalue weighted by Crippen LogP contribution is -2.24. The minimum absolute atomic E-state index is 0.527. The fraction of sp³-hybridized carbons (Fsp3) is 0.400. The van der Waals surface area contributed by atoms with Gasteiger partial charge in [0.05, 0.1) is 5.52 Å². The predicted molar refractivity (Wildman–Crippen MR) is 79.5 cm³/mol. The molecule has 0 amide bonds. The summed E-state index contributed by atoms with van der Waals surface area (Å²) in [5, 5.41) is 1.16. The maximum absolute atomic E-state index is 6.06. The Kier molecular flexibility index (Phi) is 4.43. The average molecular weight is 263 g/mol. The van der Waals surface area contributed by atoms with E-state index in [2.05, 4.69) is 36.9 Å². The van der Waals surface area contributed by atoms with Crippen LogP contribution >= 0.6 is 11.6 Å². The van der Waals surface area contributed by atoms with Crippen LogP contribution in [0.2, 0.25) is 0 Å². The summed E-state index contributed by atoms with van der Waals surface area (Å²) >= 11 is 6.06. The molecule has 0 atom stereocenters. The quantitative estimate of drug-likeness (QED) is 0.751. The lowest BCUT2D eigenvalue weighted by atomic mass is 10.1. The van der Waals surface area contributed by atoms with Gasteiger partial charge < -0.3 is 4.90 Å². The van der Waals surface area contributed by atoms with Gasteiger partial charge in [0, 0.05) is 24.4 Å². The Morgan fingerprint density at radius 3 is 2.67 bits per heavy atom. The molecule has 2 nitrogen and oxygen atoms in total. The number of halogens is 1. The molecule has 3 heteroatoms. The third kappa shape index (κ3) is 2.59. The molecule has 96 valence electrons. The summed E-state index contributed by atoms with van der Waals surface area (Å²) < 4.78 is 0. The van der Waals surface area contributed by atoms with E-state index in [9.17, 15) is 0 Å². The normalized spacial score (nSPS) is 10.8. The van der Waals surface area contributed by atoms with Crippen molar-refractivity contribution in [2.45, 2.75) is 26.1 Å². The van der Waals surface area contributed by atoms with Crippen LogP contribution in [0.3, 0.4) is 0 Å². The van der Waals surface area contributed by atoms with E-state index in [4.69, 9.17) is 16.6 Å². The van der Waals surface area contributed by atoms with Crippen molar-refractivity contribution in [3.8, 4) is 0 Å². The maximum atomic E-state index is 6.06. The van der Waals surface area contributed by atoms with E-state index in [1.807, 2.05) is 12.1 Å². The number of para-hydroxylation sites is 1. The first kappa shape index (κ1) is 13.2. The number of pyridine rings is 1. The molecule has 1 aromatic carbocycles. The van der Waals surface area contributed by atoms with Gasteiger partial charge in [0.25, 0.3) is 0 Å². The average Bonchev–Trinajstić information content (AvgIpc) is 2.43. The maximum Gasteiger partial charge on any atom is 0.129 e. The number of aromatic nitrogens is 1. The molecule has 0 unspecified atom stereocenters. The molecule has 0 saturated carbocycles. The molecule has 0 N–H and O–H groups in total. The fourth-order valence-corrected chi connectivity index (χ4v) is 2.43. The molecule has 2 aromatic rings. The third-order valence-corrected chi connectivity index (χ3v) is 3.42. The molecule has 2 rings (SSSR count). The summed E-state index contributed by atoms with van der Waals surface area (Å²) in [6.45, 7) is 6.35. The van der Waals surface area contributed by atoms with Crippen LogP contribution in [0.5, 0.6) is 0 Å². The monoisotopic (exact) mass is 262 g/mol. The predicted octanol–water partition coefficient (Wildman–Crippen LogP) is 4.21. The highest BCUT2D eigenvalue weighted by Crippen LogP contribution is 2.24. The van der Waals surface area contributed by atoms with Crippen molar-refractivity contribution >= 4 is 28.3 Å². The number of fused-ring (bicyclic) bond motifs is 1. The molecule has 18 heavy (non-hydrogen) atoms. The fourth-order valence-electron chi connectivity index (χ4n) is 2.21. The van der Waals surface area contributed by atoms with Crippen molar-refractivity contribution in [3.63, 3.8) is 0 Å². The first-order valence-electron chi connectivity index (χ1n) is 6.49. The molecule has 0 bridgehead atoms. The van der Waals surface area contributed by atoms with Crippen LogP contribution in [-0.4, -0.2) is 18.1 Å². The van der Waals surface area contributed by atoms with Crippen LogP contribution in [0.25, 0.3) is 10.9 Å². The van der Waals surface area contributed by atoms with Crippen LogP contribution in [0.1, 0.15) is 25.8 Å².